The molecule has 0 aromatic carbocycles. The lowest BCUT2D eigenvalue weighted by Crippen LogP contribution is -2.28. The Balaban J connectivity index is 1.92. The van der Waals surface area contributed by atoms with Crippen LogP contribution < -0.4 is 0 Å². The number of rotatable bonds is 6. The SMILES string of the molecule is Cc1ccc(CN(CCC(=O)O)C2CC2)nc1. The van der Waals surface area contributed by atoms with E-state index in [1.807, 2.05) is 25.3 Å². The molecule has 1 fully saturated rings. The van der Waals surface area contributed by atoms with E-state index in [-0.39, 0.29) is 6.42 Å². The fourth-order valence-electron chi connectivity index (χ4n) is 1.87. The predicted molar refractivity (Wildman–Crippen MR) is 64.7 cm³/mol. The first-order chi connectivity index (χ1) is 8.15. The molecule has 1 N–H and O–H groups in total. The molecule has 1 saturated carbocycles. The summed E-state index contributed by atoms with van der Waals surface area (Å²) < 4.78 is 0. The van der Waals surface area contributed by atoms with Gasteiger partial charge in [0.05, 0.1) is 12.1 Å². The molecule has 17 heavy (non-hydrogen) atoms. The fraction of sp³-hybridized carbons (Fsp3) is 0.538. The van der Waals surface area contributed by atoms with E-state index in [4.69, 9.17) is 5.11 Å². The molecule has 0 radical (unpaired) electrons. The van der Waals surface area contributed by atoms with Gasteiger partial charge in [0.15, 0.2) is 0 Å². The first-order valence-corrected chi connectivity index (χ1v) is 6.02. The molecule has 1 aromatic heterocycles. The van der Waals surface area contributed by atoms with Gasteiger partial charge in [-0.3, -0.25) is 14.7 Å². The Bertz CT molecular complexity index is 385. The number of pyridine rings is 1. The molecule has 0 saturated heterocycles. The zero-order valence-corrected chi connectivity index (χ0v) is 10.1. The minimum atomic E-state index is -0.729. The van der Waals surface area contributed by atoms with E-state index in [1.54, 1.807) is 0 Å². The van der Waals surface area contributed by atoms with E-state index in [1.165, 1.54) is 12.8 Å². The maximum Gasteiger partial charge on any atom is 0.304 e. The summed E-state index contributed by atoms with van der Waals surface area (Å²) in [6, 6.07) is 4.63. The largest absolute Gasteiger partial charge is 0.481 e. The minimum absolute atomic E-state index is 0.211. The number of aliphatic carboxylic acids is 1. The van der Waals surface area contributed by atoms with Crippen LogP contribution in [0.5, 0.6) is 0 Å². The number of hydrogen-bond donors (Lipinski definition) is 1. The van der Waals surface area contributed by atoms with Gasteiger partial charge in [-0.05, 0) is 31.4 Å². The van der Waals surface area contributed by atoms with Crippen LogP contribution in [0.15, 0.2) is 18.3 Å². The van der Waals surface area contributed by atoms with Crippen molar-refractivity contribution in [2.45, 2.75) is 38.8 Å². The summed E-state index contributed by atoms with van der Waals surface area (Å²) in [5.74, 6) is -0.729. The second-order valence-electron chi connectivity index (χ2n) is 4.67. The molecule has 0 spiro atoms. The van der Waals surface area contributed by atoms with Gasteiger partial charge in [0.25, 0.3) is 0 Å². The molecule has 0 amide bonds. The minimum Gasteiger partial charge on any atom is -0.481 e. The van der Waals surface area contributed by atoms with Crippen LogP contribution in [0.25, 0.3) is 0 Å². The standard InChI is InChI=1S/C13H18N2O2/c1-10-2-3-11(14-8-10)9-15(12-4-5-12)7-6-13(16)17/h2-3,8,12H,4-7,9H2,1H3,(H,16,17). The number of carboxylic acid groups (broad SMARTS) is 1. The number of nitrogens with zero attached hydrogens (tertiary/aromatic N) is 2. The highest BCUT2D eigenvalue weighted by atomic mass is 16.4. The van der Waals surface area contributed by atoms with Crippen molar-refractivity contribution in [3.8, 4) is 0 Å². The maximum atomic E-state index is 10.6. The lowest BCUT2D eigenvalue weighted by molar-refractivity contribution is -0.137. The zero-order valence-electron chi connectivity index (χ0n) is 10.1. The van der Waals surface area contributed by atoms with Gasteiger partial charge in [0.2, 0.25) is 0 Å². The Morgan fingerprint density at radius 3 is 2.82 bits per heavy atom. The Labute approximate surface area is 101 Å². The van der Waals surface area contributed by atoms with Crippen molar-refractivity contribution in [3.05, 3.63) is 29.6 Å². The zero-order chi connectivity index (χ0) is 12.3. The summed E-state index contributed by atoms with van der Waals surface area (Å²) in [6.45, 7) is 3.40. The molecule has 92 valence electrons. The molecule has 1 aromatic rings. The van der Waals surface area contributed by atoms with E-state index < -0.39 is 5.97 Å². The highest BCUT2D eigenvalue weighted by molar-refractivity contribution is 5.66. The quantitative estimate of drug-likeness (QED) is 0.816. The first-order valence-electron chi connectivity index (χ1n) is 6.02. The average Bonchev–Trinajstić information content (AvgIpc) is 3.10. The molecule has 1 heterocycles. The van der Waals surface area contributed by atoms with Crippen LogP contribution in [0.1, 0.15) is 30.5 Å². The van der Waals surface area contributed by atoms with E-state index >= 15 is 0 Å². The van der Waals surface area contributed by atoms with Crippen LogP contribution >= 0.6 is 0 Å². The van der Waals surface area contributed by atoms with E-state index in [2.05, 4.69) is 9.88 Å². The molecule has 0 aliphatic heterocycles. The lowest BCUT2D eigenvalue weighted by Gasteiger charge is -2.20. The number of aromatic nitrogens is 1. The van der Waals surface area contributed by atoms with Crippen molar-refractivity contribution in [2.75, 3.05) is 6.54 Å². The van der Waals surface area contributed by atoms with Crippen molar-refractivity contribution in [1.29, 1.82) is 0 Å². The molecular formula is C13H18N2O2. The van der Waals surface area contributed by atoms with Crippen LogP contribution in [-0.2, 0) is 11.3 Å². The molecule has 0 unspecified atom stereocenters. The fourth-order valence-corrected chi connectivity index (χ4v) is 1.87. The van der Waals surface area contributed by atoms with Crippen LogP contribution in [0, 0.1) is 6.92 Å². The number of carbonyl (C=O) groups is 1. The summed E-state index contributed by atoms with van der Waals surface area (Å²) in [7, 11) is 0. The Kier molecular flexibility index (Phi) is 3.74. The number of carboxylic acids is 1. The van der Waals surface area contributed by atoms with Crippen molar-refractivity contribution in [2.24, 2.45) is 0 Å². The third-order valence-electron chi connectivity index (χ3n) is 3.01. The van der Waals surface area contributed by atoms with E-state index in [0.717, 1.165) is 17.8 Å². The van der Waals surface area contributed by atoms with Gasteiger partial charge in [0, 0.05) is 25.3 Å². The Morgan fingerprint density at radius 2 is 2.29 bits per heavy atom. The van der Waals surface area contributed by atoms with Crippen LogP contribution in [0.4, 0.5) is 0 Å². The lowest BCUT2D eigenvalue weighted by atomic mass is 10.2. The van der Waals surface area contributed by atoms with Crippen LogP contribution in [0.3, 0.4) is 0 Å². The summed E-state index contributed by atoms with van der Waals surface area (Å²) in [4.78, 5) is 17.2. The van der Waals surface area contributed by atoms with Gasteiger partial charge < -0.3 is 5.11 Å². The topological polar surface area (TPSA) is 53.4 Å². The molecule has 2 rings (SSSR count). The summed E-state index contributed by atoms with van der Waals surface area (Å²) in [6.07, 6.45) is 4.44. The van der Waals surface area contributed by atoms with Crippen molar-refractivity contribution < 1.29 is 9.90 Å². The Morgan fingerprint density at radius 1 is 1.53 bits per heavy atom. The molecule has 0 bridgehead atoms. The van der Waals surface area contributed by atoms with E-state index in [0.29, 0.717) is 12.6 Å². The smallest absolute Gasteiger partial charge is 0.304 e. The highest BCUT2D eigenvalue weighted by Gasteiger charge is 2.29. The second kappa shape index (κ2) is 5.27. The van der Waals surface area contributed by atoms with Gasteiger partial charge in [-0.1, -0.05) is 6.07 Å². The van der Waals surface area contributed by atoms with E-state index in [9.17, 15) is 4.79 Å². The summed E-state index contributed by atoms with van der Waals surface area (Å²) >= 11 is 0. The summed E-state index contributed by atoms with van der Waals surface area (Å²) in [5, 5.41) is 8.72. The number of aryl methyl sites for hydroxylation is 1. The van der Waals surface area contributed by atoms with Crippen molar-refractivity contribution >= 4 is 5.97 Å². The molecule has 4 heteroatoms. The third kappa shape index (κ3) is 3.82. The summed E-state index contributed by atoms with van der Waals surface area (Å²) in [5.41, 5.74) is 2.17. The molecule has 0 atom stereocenters. The first kappa shape index (κ1) is 12.0. The second-order valence-corrected chi connectivity index (χ2v) is 4.67. The van der Waals surface area contributed by atoms with Gasteiger partial charge in [-0.15, -0.1) is 0 Å². The monoisotopic (exact) mass is 234 g/mol. The Hall–Kier alpha value is -1.42. The molecular weight excluding hydrogens is 216 g/mol. The number of hydrogen-bond acceptors (Lipinski definition) is 3. The average molecular weight is 234 g/mol. The predicted octanol–water partition coefficient (Wildman–Crippen LogP) is 1.83. The molecule has 1 aliphatic carbocycles. The third-order valence-corrected chi connectivity index (χ3v) is 3.01. The maximum absolute atomic E-state index is 10.6. The van der Waals surface area contributed by atoms with Gasteiger partial charge in [-0.2, -0.15) is 0 Å². The van der Waals surface area contributed by atoms with Crippen LogP contribution in [-0.4, -0.2) is 33.5 Å². The van der Waals surface area contributed by atoms with Crippen LogP contribution in [0.2, 0.25) is 0 Å². The van der Waals surface area contributed by atoms with Crippen molar-refractivity contribution in [1.82, 2.24) is 9.88 Å². The van der Waals surface area contributed by atoms with Gasteiger partial charge >= 0.3 is 5.97 Å². The normalized spacial score (nSPS) is 15.2. The molecule has 4 nitrogen and oxygen atoms in total. The van der Waals surface area contributed by atoms with Gasteiger partial charge in [0.1, 0.15) is 0 Å². The van der Waals surface area contributed by atoms with Gasteiger partial charge in [-0.25, -0.2) is 0 Å². The highest BCUT2D eigenvalue weighted by Crippen LogP contribution is 2.28. The molecule has 1 aliphatic rings. The van der Waals surface area contributed by atoms with Crippen molar-refractivity contribution in [3.63, 3.8) is 0 Å².